The van der Waals surface area contributed by atoms with Crippen molar-refractivity contribution in [3.8, 4) is 0 Å². The van der Waals surface area contributed by atoms with Crippen LogP contribution in [0.5, 0.6) is 0 Å². The zero-order chi connectivity index (χ0) is 21.2. The number of aliphatic imine (C=N–C) groups is 2. The van der Waals surface area contributed by atoms with E-state index in [1.165, 1.54) is 0 Å². The molecule has 29 heavy (non-hydrogen) atoms. The van der Waals surface area contributed by atoms with Gasteiger partial charge in [0, 0.05) is 33.7 Å². The predicted molar refractivity (Wildman–Crippen MR) is 125 cm³/mol. The van der Waals surface area contributed by atoms with E-state index in [1.807, 2.05) is 48.5 Å². The third-order valence-corrected chi connectivity index (χ3v) is 5.19. The smallest absolute Gasteiger partial charge is 0.116 e. The van der Waals surface area contributed by atoms with E-state index in [4.69, 9.17) is 5.21 Å². The summed E-state index contributed by atoms with van der Waals surface area (Å²) < 4.78 is 1.93. The molecule has 0 saturated carbocycles. The van der Waals surface area contributed by atoms with Crippen molar-refractivity contribution in [1.29, 1.82) is 0 Å². The molecule has 0 aliphatic rings. The molecule has 152 valence electrons. The summed E-state index contributed by atoms with van der Waals surface area (Å²) in [5.41, 5.74) is 3.38. The number of halogens is 2. The second kappa shape index (κ2) is 11.6. The van der Waals surface area contributed by atoms with Crippen molar-refractivity contribution in [2.45, 2.75) is 26.3 Å². The van der Waals surface area contributed by atoms with Gasteiger partial charge in [0.1, 0.15) is 11.8 Å². The standard InChI is InChI=1S/C21H22Br2N4O2/c1-14(26-28)20(16-4-8-18(22)9-5-16)24-12-3-13-25-21(15(2)27-29)17-6-10-19(23)11-7-17/h4-12,20,28-29H,3,13H2,1-2H3/b24-12?,25-21?,26-14+,27-15+. The lowest BCUT2D eigenvalue weighted by molar-refractivity contribution is 0.316. The van der Waals surface area contributed by atoms with Crippen molar-refractivity contribution in [3.05, 3.63) is 68.6 Å². The van der Waals surface area contributed by atoms with Crippen LogP contribution in [0.2, 0.25) is 0 Å². The monoisotopic (exact) mass is 520 g/mol. The summed E-state index contributed by atoms with van der Waals surface area (Å²) >= 11 is 6.82. The molecule has 2 N–H and O–H groups in total. The third kappa shape index (κ3) is 6.90. The van der Waals surface area contributed by atoms with Crippen LogP contribution < -0.4 is 0 Å². The summed E-state index contributed by atoms with van der Waals surface area (Å²) in [5.74, 6) is 0. The normalized spacial score (nSPS) is 14.4. The minimum Gasteiger partial charge on any atom is -0.411 e. The van der Waals surface area contributed by atoms with Gasteiger partial charge >= 0.3 is 0 Å². The maximum Gasteiger partial charge on any atom is 0.116 e. The Hall–Kier alpha value is -2.32. The molecule has 2 aromatic carbocycles. The highest BCUT2D eigenvalue weighted by atomic mass is 79.9. The van der Waals surface area contributed by atoms with E-state index < -0.39 is 0 Å². The maximum atomic E-state index is 9.17. The van der Waals surface area contributed by atoms with Gasteiger partial charge in [-0.2, -0.15) is 0 Å². The minimum absolute atomic E-state index is 0.358. The number of rotatable bonds is 8. The average Bonchev–Trinajstić information content (AvgIpc) is 2.74. The Kier molecular flexibility index (Phi) is 9.21. The van der Waals surface area contributed by atoms with Gasteiger partial charge in [-0.25, -0.2) is 0 Å². The van der Waals surface area contributed by atoms with Gasteiger partial charge in [-0.3, -0.25) is 9.98 Å². The number of hydrogen-bond donors (Lipinski definition) is 2. The zero-order valence-electron chi connectivity index (χ0n) is 16.1. The molecular formula is C21H22Br2N4O2. The highest BCUT2D eigenvalue weighted by Gasteiger charge is 2.13. The molecule has 0 aliphatic carbocycles. The summed E-state index contributed by atoms with van der Waals surface area (Å²) in [6, 6.07) is 15.0. The van der Waals surface area contributed by atoms with Gasteiger partial charge in [0.25, 0.3) is 0 Å². The minimum atomic E-state index is -0.358. The molecule has 2 rings (SSSR count). The van der Waals surface area contributed by atoms with Gasteiger partial charge in [0.2, 0.25) is 0 Å². The number of nitrogens with zero attached hydrogens (tertiary/aromatic N) is 4. The van der Waals surface area contributed by atoms with Crippen LogP contribution in [0.25, 0.3) is 0 Å². The fourth-order valence-electron chi connectivity index (χ4n) is 2.62. The zero-order valence-corrected chi connectivity index (χ0v) is 19.3. The number of hydrogen-bond acceptors (Lipinski definition) is 6. The van der Waals surface area contributed by atoms with Crippen molar-refractivity contribution >= 4 is 55.2 Å². The van der Waals surface area contributed by atoms with Gasteiger partial charge in [-0.1, -0.05) is 66.4 Å². The lowest BCUT2D eigenvalue weighted by Gasteiger charge is -2.11. The number of benzene rings is 2. The first-order valence-corrected chi connectivity index (χ1v) is 10.5. The Morgan fingerprint density at radius 2 is 1.52 bits per heavy atom. The summed E-state index contributed by atoms with van der Waals surface area (Å²) in [6.45, 7) is 3.92. The van der Waals surface area contributed by atoms with Gasteiger partial charge in [0.05, 0.1) is 11.4 Å². The van der Waals surface area contributed by atoms with E-state index in [-0.39, 0.29) is 6.04 Å². The van der Waals surface area contributed by atoms with Crippen LogP contribution in [0.15, 0.2) is 77.8 Å². The molecule has 8 heteroatoms. The molecule has 0 aliphatic heterocycles. The third-order valence-electron chi connectivity index (χ3n) is 4.13. The Morgan fingerprint density at radius 1 is 0.931 bits per heavy atom. The van der Waals surface area contributed by atoms with Gasteiger partial charge in [-0.15, -0.1) is 0 Å². The van der Waals surface area contributed by atoms with Gasteiger partial charge in [-0.05, 0) is 43.7 Å². The topological polar surface area (TPSA) is 89.9 Å². The fraction of sp³-hybridized carbons (Fsp3) is 0.238. The largest absolute Gasteiger partial charge is 0.411 e. The number of oxime groups is 2. The van der Waals surface area contributed by atoms with E-state index >= 15 is 0 Å². The van der Waals surface area contributed by atoms with Crippen LogP contribution in [0, 0.1) is 0 Å². The van der Waals surface area contributed by atoms with E-state index in [1.54, 1.807) is 20.1 Å². The van der Waals surface area contributed by atoms with Crippen molar-refractivity contribution in [1.82, 2.24) is 0 Å². The lowest BCUT2D eigenvalue weighted by atomic mass is 10.0. The van der Waals surface area contributed by atoms with E-state index in [9.17, 15) is 5.21 Å². The van der Waals surface area contributed by atoms with Crippen LogP contribution >= 0.6 is 31.9 Å². The molecule has 0 heterocycles. The second-order valence-electron chi connectivity index (χ2n) is 6.24. The Labute approximate surface area is 187 Å². The quantitative estimate of drug-likeness (QED) is 0.196. The molecule has 6 nitrogen and oxygen atoms in total. The first-order chi connectivity index (χ1) is 14.0. The van der Waals surface area contributed by atoms with Crippen LogP contribution in [-0.4, -0.2) is 40.3 Å². The summed E-state index contributed by atoms with van der Waals surface area (Å²) in [5, 5.41) is 24.9. The maximum absolute atomic E-state index is 9.17. The van der Waals surface area contributed by atoms with Crippen LogP contribution in [0.3, 0.4) is 0 Å². The van der Waals surface area contributed by atoms with Crippen LogP contribution in [0.4, 0.5) is 0 Å². The van der Waals surface area contributed by atoms with Gasteiger partial charge < -0.3 is 10.4 Å². The molecule has 2 aromatic rings. The molecule has 0 bridgehead atoms. The van der Waals surface area contributed by atoms with Crippen molar-refractivity contribution < 1.29 is 10.4 Å². The Bertz CT molecular complexity index is 921. The molecule has 1 atom stereocenters. The summed E-state index contributed by atoms with van der Waals surface area (Å²) in [6.07, 6.45) is 2.36. The SMILES string of the molecule is C/C(=N\O)C(=NCCC=NC(/C(C)=N/O)c1ccc(Br)cc1)c1ccc(Br)cc1. The lowest BCUT2D eigenvalue weighted by Crippen LogP contribution is -2.13. The highest BCUT2D eigenvalue weighted by molar-refractivity contribution is 9.10. The average molecular weight is 522 g/mol. The van der Waals surface area contributed by atoms with Gasteiger partial charge in [0.15, 0.2) is 0 Å². The Balaban J connectivity index is 2.12. The van der Waals surface area contributed by atoms with E-state index in [0.717, 1.165) is 20.1 Å². The first kappa shape index (κ1) is 23.0. The van der Waals surface area contributed by atoms with Crippen molar-refractivity contribution in [2.24, 2.45) is 20.3 Å². The molecule has 0 amide bonds. The highest BCUT2D eigenvalue weighted by Crippen LogP contribution is 2.21. The molecule has 0 radical (unpaired) electrons. The summed E-state index contributed by atoms with van der Waals surface area (Å²) in [4.78, 5) is 9.13. The second-order valence-corrected chi connectivity index (χ2v) is 8.07. The van der Waals surface area contributed by atoms with E-state index in [0.29, 0.717) is 30.1 Å². The summed E-state index contributed by atoms with van der Waals surface area (Å²) in [7, 11) is 0. The fourth-order valence-corrected chi connectivity index (χ4v) is 3.15. The molecule has 1 unspecified atom stereocenters. The van der Waals surface area contributed by atoms with E-state index in [2.05, 4.69) is 52.2 Å². The van der Waals surface area contributed by atoms with Crippen molar-refractivity contribution in [3.63, 3.8) is 0 Å². The molecular weight excluding hydrogens is 500 g/mol. The van der Waals surface area contributed by atoms with Crippen LogP contribution in [-0.2, 0) is 0 Å². The van der Waals surface area contributed by atoms with Crippen molar-refractivity contribution in [2.75, 3.05) is 6.54 Å². The molecule has 0 saturated heterocycles. The van der Waals surface area contributed by atoms with Crippen LogP contribution in [0.1, 0.15) is 37.4 Å². The first-order valence-electron chi connectivity index (χ1n) is 8.91. The predicted octanol–water partition coefficient (Wildman–Crippen LogP) is 5.90. The molecule has 0 fully saturated rings. The Morgan fingerprint density at radius 3 is 2.07 bits per heavy atom. The molecule has 0 aromatic heterocycles. The molecule has 0 spiro atoms.